The lowest BCUT2D eigenvalue weighted by Gasteiger charge is -2.20. The van der Waals surface area contributed by atoms with Crippen molar-refractivity contribution in [2.75, 3.05) is 0 Å². The lowest BCUT2D eigenvalue weighted by Crippen LogP contribution is -2.35. The van der Waals surface area contributed by atoms with Crippen LogP contribution in [0.5, 0.6) is 0 Å². The average Bonchev–Trinajstić information content (AvgIpc) is 3.33. The fourth-order valence-electron chi connectivity index (χ4n) is 3.87. The van der Waals surface area contributed by atoms with Crippen molar-refractivity contribution in [3.63, 3.8) is 0 Å². The topological polar surface area (TPSA) is 73.8 Å². The molecule has 0 spiro atoms. The molecule has 0 saturated heterocycles. The van der Waals surface area contributed by atoms with Crippen LogP contribution in [0, 0.1) is 26.2 Å². The number of hydrazone groups is 1. The minimum Gasteiger partial charge on any atom is -0.318 e. The standard InChI is InChI=1S/C25H21N5OS/c1-15-9-11-20(12-10-15)29-16(2)13-19(17(29)3)14-21-22(26)30-25(27-23(21)31)32-24(28-30)18-7-5-4-6-8-18/h4-14,26H,1-3H3. The molecule has 0 unspecified atom stereocenters. The molecule has 0 radical (unpaired) electrons. The van der Waals surface area contributed by atoms with Crippen molar-refractivity contribution in [2.45, 2.75) is 20.8 Å². The Kier molecular flexibility index (Phi) is 4.90. The number of hydrogen-bond donors (Lipinski definition) is 1. The molecule has 0 fully saturated rings. The van der Waals surface area contributed by atoms with Crippen LogP contribution < -0.4 is 0 Å². The maximum atomic E-state index is 12.8. The highest BCUT2D eigenvalue weighted by Gasteiger charge is 2.36. The lowest BCUT2D eigenvalue weighted by molar-refractivity contribution is -0.114. The predicted octanol–water partition coefficient (Wildman–Crippen LogP) is 5.07. The first-order chi connectivity index (χ1) is 15.4. The van der Waals surface area contributed by atoms with Crippen LogP contribution in [0.2, 0.25) is 0 Å². The number of amidine groups is 2. The van der Waals surface area contributed by atoms with Crippen LogP contribution in [0.25, 0.3) is 11.8 Å². The van der Waals surface area contributed by atoms with E-state index in [4.69, 9.17) is 5.41 Å². The van der Waals surface area contributed by atoms with E-state index >= 15 is 0 Å². The van der Waals surface area contributed by atoms with Gasteiger partial charge in [-0.1, -0.05) is 48.0 Å². The van der Waals surface area contributed by atoms with Gasteiger partial charge in [-0.25, -0.2) is 0 Å². The maximum Gasteiger partial charge on any atom is 0.283 e. The fourth-order valence-corrected chi connectivity index (χ4v) is 4.77. The molecule has 2 aromatic carbocycles. The Morgan fingerprint density at radius 2 is 1.72 bits per heavy atom. The summed E-state index contributed by atoms with van der Waals surface area (Å²) in [5.41, 5.74) is 6.37. The molecule has 5 rings (SSSR count). The van der Waals surface area contributed by atoms with E-state index < -0.39 is 5.91 Å². The van der Waals surface area contributed by atoms with Crippen LogP contribution >= 0.6 is 11.8 Å². The second-order valence-corrected chi connectivity index (χ2v) is 8.74. The number of fused-ring (bicyclic) bond motifs is 1. The number of hydrogen-bond acceptors (Lipinski definition) is 4. The molecule has 7 heteroatoms. The Morgan fingerprint density at radius 1 is 1.00 bits per heavy atom. The van der Waals surface area contributed by atoms with Crippen LogP contribution in [0.15, 0.2) is 76.3 Å². The number of nitrogens with one attached hydrogen (secondary N) is 1. The smallest absolute Gasteiger partial charge is 0.283 e. The number of nitrogens with zero attached hydrogens (tertiary/aromatic N) is 4. The van der Waals surface area contributed by atoms with E-state index in [9.17, 15) is 4.79 Å². The highest BCUT2D eigenvalue weighted by Crippen LogP contribution is 2.31. The van der Waals surface area contributed by atoms with Crippen molar-refractivity contribution < 1.29 is 4.79 Å². The minimum absolute atomic E-state index is 0.0403. The quantitative estimate of drug-likeness (QED) is 0.579. The summed E-state index contributed by atoms with van der Waals surface area (Å²) in [5, 5.41) is 15.8. The van der Waals surface area contributed by atoms with Crippen molar-refractivity contribution in [3.8, 4) is 5.69 Å². The summed E-state index contributed by atoms with van der Waals surface area (Å²) >= 11 is 1.30. The van der Waals surface area contributed by atoms with E-state index in [-0.39, 0.29) is 11.4 Å². The molecule has 2 aliphatic heterocycles. The van der Waals surface area contributed by atoms with Crippen molar-refractivity contribution >= 4 is 39.8 Å². The fraction of sp³-hybridized carbons (Fsp3) is 0.120. The molecular formula is C25H21N5OS. The van der Waals surface area contributed by atoms with Gasteiger partial charge in [-0.15, -0.1) is 0 Å². The molecule has 32 heavy (non-hydrogen) atoms. The number of benzene rings is 2. The Bertz CT molecular complexity index is 1350. The third-order valence-corrected chi connectivity index (χ3v) is 6.50. The van der Waals surface area contributed by atoms with Crippen molar-refractivity contribution in [1.82, 2.24) is 9.58 Å². The Morgan fingerprint density at radius 3 is 2.44 bits per heavy atom. The normalized spacial score (nSPS) is 17.0. The van der Waals surface area contributed by atoms with Gasteiger partial charge in [-0.05, 0) is 62.4 Å². The van der Waals surface area contributed by atoms with Crippen molar-refractivity contribution in [3.05, 3.63) is 94.3 Å². The van der Waals surface area contributed by atoms with Crippen molar-refractivity contribution in [2.24, 2.45) is 10.1 Å². The second-order valence-electron chi connectivity index (χ2n) is 7.79. The SMILES string of the molecule is Cc1ccc(-n2c(C)cc(C=C3C(=N)N4N=C(c5ccccc5)SC4=NC3=O)c2C)cc1. The number of carbonyl (C=O) groups excluding carboxylic acids is 1. The molecule has 3 aromatic rings. The van der Waals surface area contributed by atoms with Crippen LogP contribution in [0.4, 0.5) is 0 Å². The molecule has 1 N–H and O–H groups in total. The largest absolute Gasteiger partial charge is 0.318 e. The van der Waals surface area contributed by atoms with E-state index in [1.165, 1.54) is 22.3 Å². The Balaban J connectivity index is 1.51. The summed E-state index contributed by atoms with van der Waals surface area (Å²) in [5.74, 6) is -0.378. The molecule has 0 bridgehead atoms. The zero-order valence-electron chi connectivity index (χ0n) is 18.0. The highest BCUT2D eigenvalue weighted by molar-refractivity contribution is 8.27. The Labute approximate surface area is 190 Å². The zero-order chi connectivity index (χ0) is 22.4. The third kappa shape index (κ3) is 3.40. The highest BCUT2D eigenvalue weighted by atomic mass is 32.2. The summed E-state index contributed by atoms with van der Waals surface area (Å²) < 4.78 is 2.15. The number of aromatic nitrogens is 1. The van der Waals surface area contributed by atoms with Gasteiger partial charge < -0.3 is 4.57 Å². The molecule has 0 saturated carbocycles. The molecular weight excluding hydrogens is 418 g/mol. The van der Waals surface area contributed by atoms with E-state index in [0.717, 1.165) is 33.2 Å². The molecule has 6 nitrogen and oxygen atoms in total. The minimum atomic E-state index is -0.418. The molecule has 1 aromatic heterocycles. The molecule has 3 heterocycles. The lowest BCUT2D eigenvalue weighted by atomic mass is 10.1. The first kappa shape index (κ1) is 20.2. The average molecular weight is 440 g/mol. The van der Waals surface area contributed by atoms with Gasteiger partial charge in [0.05, 0.1) is 5.57 Å². The first-order valence-corrected chi connectivity index (χ1v) is 11.1. The Hall–Kier alpha value is -3.71. The zero-order valence-corrected chi connectivity index (χ0v) is 18.8. The van der Waals surface area contributed by atoms with Gasteiger partial charge in [0, 0.05) is 22.6 Å². The molecule has 2 aliphatic rings. The monoisotopic (exact) mass is 439 g/mol. The predicted molar refractivity (Wildman–Crippen MR) is 131 cm³/mol. The summed E-state index contributed by atoms with van der Waals surface area (Å²) in [7, 11) is 0. The molecule has 0 atom stereocenters. The summed E-state index contributed by atoms with van der Waals surface area (Å²) in [6, 6.07) is 20.1. The summed E-state index contributed by atoms with van der Waals surface area (Å²) in [4.78, 5) is 17.0. The van der Waals surface area contributed by atoms with Crippen LogP contribution in [0.1, 0.15) is 28.1 Å². The number of rotatable bonds is 3. The van der Waals surface area contributed by atoms with Gasteiger partial charge in [0.1, 0.15) is 5.04 Å². The summed E-state index contributed by atoms with van der Waals surface area (Å²) in [6.45, 7) is 6.11. The van der Waals surface area contributed by atoms with E-state index in [0.29, 0.717) is 5.17 Å². The van der Waals surface area contributed by atoms with Gasteiger partial charge >= 0.3 is 0 Å². The van der Waals surface area contributed by atoms with E-state index in [1.807, 2.05) is 50.2 Å². The van der Waals surface area contributed by atoms with Crippen LogP contribution in [-0.4, -0.2) is 31.5 Å². The van der Waals surface area contributed by atoms with Crippen LogP contribution in [0.3, 0.4) is 0 Å². The van der Waals surface area contributed by atoms with Crippen LogP contribution in [-0.2, 0) is 4.79 Å². The number of aryl methyl sites for hydroxylation is 2. The second kappa shape index (κ2) is 7.76. The van der Waals surface area contributed by atoms with Gasteiger partial charge in [0.25, 0.3) is 5.91 Å². The van der Waals surface area contributed by atoms with Gasteiger partial charge in [0.2, 0.25) is 5.17 Å². The van der Waals surface area contributed by atoms with Gasteiger partial charge in [-0.2, -0.15) is 15.1 Å². The van der Waals surface area contributed by atoms with Crippen molar-refractivity contribution in [1.29, 1.82) is 5.41 Å². The number of amides is 1. The maximum absolute atomic E-state index is 12.8. The number of thioether (sulfide) groups is 1. The number of aliphatic imine (C=N–C) groups is 1. The van der Waals surface area contributed by atoms with Gasteiger partial charge in [-0.3, -0.25) is 10.2 Å². The summed E-state index contributed by atoms with van der Waals surface area (Å²) in [6.07, 6.45) is 1.75. The molecule has 1 amide bonds. The van der Waals surface area contributed by atoms with E-state index in [2.05, 4.69) is 45.9 Å². The molecule has 0 aliphatic carbocycles. The first-order valence-electron chi connectivity index (χ1n) is 10.2. The third-order valence-electron chi connectivity index (χ3n) is 5.54. The van der Waals surface area contributed by atoms with E-state index in [1.54, 1.807) is 6.08 Å². The molecule has 158 valence electrons. The number of carbonyl (C=O) groups is 1. The van der Waals surface area contributed by atoms with Gasteiger partial charge in [0.15, 0.2) is 5.84 Å².